The monoisotopic (exact) mass is 278 g/mol. The van der Waals surface area contributed by atoms with Gasteiger partial charge in [-0.1, -0.05) is 0 Å². The van der Waals surface area contributed by atoms with Crippen LogP contribution < -0.4 is 11.1 Å². The first-order valence-electron chi connectivity index (χ1n) is 6.06. The molecule has 1 aromatic carbocycles. The van der Waals surface area contributed by atoms with Gasteiger partial charge in [-0.2, -0.15) is 0 Å². The summed E-state index contributed by atoms with van der Waals surface area (Å²) in [4.78, 5) is 33.5. The topological polar surface area (TPSA) is 119 Å². The second-order valence-electron chi connectivity index (χ2n) is 4.46. The van der Waals surface area contributed by atoms with Crippen molar-refractivity contribution in [3.8, 4) is 0 Å². The standard InChI is InChI=1S/C13H14N2O5/c14-11(16)7-1-3-8(4-2-7)15-12(17)9-5-6-10(20-9)13(18)19/h1-4,9-10H,5-6H2,(H2,14,16)(H,15,17)(H,18,19). The second kappa shape index (κ2) is 5.70. The van der Waals surface area contributed by atoms with Crippen molar-refractivity contribution in [2.24, 2.45) is 5.73 Å². The van der Waals surface area contributed by atoms with Gasteiger partial charge < -0.3 is 20.9 Å². The van der Waals surface area contributed by atoms with Crippen molar-refractivity contribution < 1.29 is 24.2 Å². The van der Waals surface area contributed by atoms with Crippen molar-refractivity contribution in [2.45, 2.75) is 25.0 Å². The zero-order valence-corrected chi connectivity index (χ0v) is 10.5. The third-order valence-corrected chi connectivity index (χ3v) is 3.02. The van der Waals surface area contributed by atoms with Crippen LogP contribution in [0.2, 0.25) is 0 Å². The van der Waals surface area contributed by atoms with Gasteiger partial charge in [0.1, 0.15) is 6.10 Å². The second-order valence-corrected chi connectivity index (χ2v) is 4.46. The van der Waals surface area contributed by atoms with Crippen molar-refractivity contribution in [1.82, 2.24) is 0 Å². The van der Waals surface area contributed by atoms with Crippen LogP contribution in [0.3, 0.4) is 0 Å². The van der Waals surface area contributed by atoms with Crippen LogP contribution in [0.5, 0.6) is 0 Å². The van der Waals surface area contributed by atoms with E-state index in [1.807, 2.05) is 0 Å². The first-order chi connectivity index (χ1) is 9.47. The molecule has 2 unspecified atom stereocenters. The van der Waals surface area contributed by atoms with Crippen LogP contribution >= 0.6 is 0 Å². The van der Waals surface area contributed by atoms with E-state index in [2.05, 4.69) is 5.32 Å². The molecule has 4 N–H and O–H groups in total. The number of nitrogens with two attached hydrogens (primary N) is 1. The van der Waals surface area contributed by atoms with Crippen molar-refractivity contribution in [2.75, 3.05) is 5.32 Å². The van der Waals surface area contributed by atoms with Crippen LogP contribution in [-0.4, -0.2) is 35.1 Å². The number of carboxylic acid groups (broad SMARTS) is 1. The largest absolute Gasteiger partial charge is 0.479 e. The highest BCUT2D eigenvalue weighted by Gasteiger charge is 2.34. The number of nitrogens with one attached hydrogen (secondary N) is 1. The molecule has 2 atom stereocenters. The fourth-order valence-corrected chi connectivity index (χ4v) is 1.95. The number of aliphatic carboxylic acids is 1. The highest BCUT2D eigenvalue weighted by molar-refractivity contribution is 5.96. The summed E-state index contributed by atoms with van der Waals surface area (Å²) in [5, 5.41) is 11.4. The van der Waals surface area contributed by atoms with Crippen LogP contribution in [0.1, 0.15) is 23.2 Å². The van der Waals surface area contributed by atoms with E-state index in [-0.39, 0.29) is 0 Å². The number of ether oxygens (including phenoxy) is 1. The van der Waals surface area contributed by atoms with Gasteiger partial charge in [0.25, 0.3) is 5.91 Å². The van der Waals surface area contributed by atoms with E-state index in [0.29, 0.717) is 24.1 Å². The van der Waals surface area contributed by atoms with Crippen molar-refractivity contribution in [3.05, 3.63) is 29.8 Å². The maximum absolute atomic E-state index is 11.9. The smallest absolute Gasteiger partial charge is 0.332 e. The van der Waals surface area contributed by atoms with Gasteiger partial charge in [-0.05, 0) is 37.1 Å². The summed E-state index contributed by atoms with van der Waals surface area (Å²) in [6.45, 7) is 0. The molecule has 1 fully saturated rings. The molecule has 1 heterocycles. The Balaban J connectivity index is 1.95. The average Bonchev–Trinajstić information content (AvgIpc) is 2.89. The zero-order valence-electron chi connectivity index (χ0n) is 10.5. The maximum atomic E-state index is 11.9. The van der Waals surface area contributed by atoms with Gasteiger partial charge in [0.05, 0.1) is 0 Å². The van der Waals surface area contributed by atoms with E-state index in [9.17, 15) is 14.4 Å². The van der Waals surface area contributed by atoms with E-state index in [1.54, 1.807) is 12.1 Å². The minimum Gasteiger partial charge on any atom is -0.479 e. The molecule has 1 saturated heterocycles. The van der Waals surface area contributed by atoms with E-state index >= 15 is 0 Å². The van der Waals surface area contributed by atoms with Gasteiger partial charge in [-0.3, -0.25) is 9.59 Å². The molecule has 0 radical (unpaired) electrons. The van der Waals surface area contributed by atoms with Gasteiger partial charge in [0.15, 0.2) is 6.10 Å². The summed E-state index contributed by atoms with van der Waals surface area (Å²) in [6, 6.07) is 6.07. The molecule has 0 aromatic heterocycles. The van der Waals surface area contributed by atoms with Crippen LogP contribution in [0, 0.1) is 0 Å². The Kier molecular flexibility index (Phi) is 3.99. The first kappa shape index (κ1) is 14.0. The highest BCUT2D eigenvalue weighted by atomic mass is 16.5. The number of hydrogen-bond donors (Lipinski definition) is 3. The number of carbonyl (C=O) groups is 3. The molecule has 2 amide bonds. The third kappa shape index (κ3) is 3.12. The number of hydrogen-bond acceptors (Lipinski definition) is 4. The molecule has 7 heteroatoms. The number of benzene rings is 1. The van der Waals surface area contributed by atoms with Gasteiger partial charge in [0.2, 0.25) is 5.91 Å². The summed E-state index contributed by atoms with van der Waals surface area (Å²) in [5.74, 6) is -2.02. The van der Waals surface area contributed by atoms with Crippen LogP contribution in [0.15, 0.2) is 24.3 Å². The molecule has 0 saturated carbocycles. The molecule has 1 aromatic rings. The Morgan fingerprint density at radius 1 is 1.15 bits per heavy atom. The first-order valence-corrected chi connectivity index (χ1v) is 6.06. The number of carbonyl (C=O) groups excluding carboxylic acids is 2. The minimum atomic E-state index is -1.06. The predicted octanol–water partition coefficient (Wildman–Crippen LogP) is 0.356. The van der Waals surface area contributed by atoms with Crippen LogP contribution in [-0.2, 0) is 14.3 Å². The Morgan fingerprint density at radius 3 is 2.25 bits per heavy atom. The predicted molar refractivity (Wildman–Crippen MR) is 69.1 cm³/mol. The molecule has 1 aliphatic rings. The molecule has 0 aliphatic carbocycles. The number of anilines is 1. The number of primary amides is 1. The Morgan fingerprint density at radius 2 is 1.75 bits per heavy atom. The summed E-state index contributed by atoms with van der Waals surface area (Å²) < 4.78 is 5.13. The molecule has 0 spiro atoms. The zero-order chi connectivity index (χ0) is 14.7. The van der Waals surface area contributed by atoms with E-state index in [1.165, 1.54) is 12.1 Å². The maximum Gasteiger partial charge on any atom is 0.332 e. The van der Waals surface area contributed by atoms with Crippen LogP contribution in [0.25, 0.3) is 0 Å². The minimum absolute atomic E-state index is 0.314. The van der Waals surface area contributed by atoms with E-state index < -0.39 is 30.0 Å². The van der Waals surface area contributed by atoms with Crippen molar-refractivity contribution >= 4 is 23.5 Å². The van der Waals surface area contributed by atoms with E-state index in [0.717, 1.165) is 0 Å². The molecule has 20 heavy (non-hydrogen) atoms. The lowest BCUT2D eigenvalue weighted by atomic mass is 10.1. The van der Waals surface area contributed by atoms with Gasteiger partial charge in [-0.25, -0.2) is 4.79 Å². The van der Waals surface area contributed by atoms with Crippen LogP contribution in [0.4, 0.5) is 5.69 Å². The average molecular weight is 278 g/mol. The Hall–Kier alpha value is -2.41. The molecular formula is C13H14N2O5. The lowest BCUT2D eigenvalue weighted by Crippen LogP contribution is -2.29. The molecule has 106 valence electrons. The summed E-state index contributed by atoms with van der Waals surface area (Å²) in [6.07, 6.45) is -1.02. The van der Waals surface area contributed by atoms with Gasteiger partial charge >= 0.3 is 5.97 Å². The molecule has 0 bridgehead atoms. The van der Waals surface area contributed by atoms with Crippen molar-refractivity contribution in [3.63, 3.8) is 0 Å². The number of amides is 2. The molecular weight excluding hydrogens is 264 g/mol. The number of rotatable bonds is 4. The Bertz CT molecular complexity index is 540. The number of carboxylic acids is 1. The summed E-state index contributed by atoms with van der Waals surface area (Å²) >= 11 is 0. The summed E-state index contributed by atoms with van der Waals surface area (Å²) in [5.41, 5.74) is 5.93. The van der Waals surface area contributed by atoms with Crippen molar-refractivity contribution in [1.29, 1.82) is 0 Å². The highest BCUT2D eigenvalue weighted by Crippen LogP contribution is 2.21. The van der Waals surface area contributed by atoms with Gasteiger partial charge in [-0.15, -0.1) is 0 Å². The van der Waals surface area contributed by atoms with Gasteiger partial charge in [0, 0.05) is 11.3 Å². The molecule has 1 aliphatic heterocycles. The normalized spacial score (nSPS) is 21.4. The van der Waals surface area contributed by atoms with E-state index in [4.69, 9.17) is 15.6 Å². The Labute approximate surface area is 114 Å². The fraction of sp³-hybridized carbons (Fsp3) is 0.308. The SMILES string of the molecule is NC(=O)c1ccc(NC(=O)C2CCC(C(=O)O)O2)cc1. The molecule has 2 rings (SSSR count). The summed E-state index contributed by atoms with van der Waals surface area (Å²) in [7, 11) is 0. The lowest BCUT2D eigenvalue weighted by molar-refractivity contribution is -0.150. The quantitative estimate of drug-likeness (QED) is 0.734. The molecule has 7 nitrogen and oxygen atoms in total. The lowest BCUT2D eigenvalue weighted by Gasteiger charge is -2.11. The fourth-order valence-electron chi connectivity index (χ4n) is 1.95. The third-order valence-electron chi connectivity index (χ3n) is 3.02.